The van der Waals surface area contributed by atoms with Gasteiger partial charge in [-0.25, -0.2) is 0 Å². The average Bonchev–Trinajstić information content (AvgIpc) is 2.53. The van der Waals surface area contributed by atoms with Crippen molar-refractivity contribution in [2.45, 2.75) is 6.54 Å². The zero-order valence-corrected chi connectivity index (χ0v) is 7.69. The summed E-state index contributed by atoms with van der Waals surface area (Å²) in [6.07, 6.45) is 3.49. The minimum absolute atomic E-state index is 0.0406. The third-order valence-electron chi connectivity index (χ3n) is 1.32. The molecular formula is C8H11NO2S. The van der Waals surface area contributed by atoms with Crippen molar-refractivity contribution in [2.24, 2.45) is 0 Å². The van der Waals surface area contributed by atoms with Gasteiger partial charge in [0.15, 0.2) is 0 Å². The maximum Gasteiger partial charge on any atom is 0.230 e. The molecule has 1 heterocycles. The molecule has 12 heavy (non-hydrogen) atoms. The van der Waals surface area contributed by atoms with Crippen LogP contribution in [-0.4, -0.2) is 17.9 Å². The molecule has 0 saturated carbocycles. The van der Waals surface area contributed by atoms with Crippen LogP contribution in [0.25, 0.3) is 0 Å². The van der Waals surface area contributed by atoms with Crippen LogP contribution in [0.1, 0.15) is 5.76 Å². The van der Waals surface area contributed by atoms with Gasteiger partial charge >= 0.3 is 0 Å². The number of hydrogen-bond acceptors (Lipinski definition) is 3. The third-order valence-corrected chi connectivity index (χ3v) is 1.87. The van der Waals surface area contributed by atoms with Gasteiger partial charge in [-0.15, -0.1) is 0 Å². The molecular weight excluding hydrogens is 174 g/mol. The summed E-state index contributed by atoms with van der Waals surface area (Å²) >= 11 is 1.50. The van der Waals surface area contributed by atoms with E-state index in [9.17, 15) is 4.79 Å². The molecule has 1 aromatic rings. The fraction of sp³-hybridized carbons (Fsp3) is 0.375. The van der Waals surface area contributed by atoms with Gasteiger partial charge in [0, 0.05) is 0 Å². The molecule has 0 aromatic carbocycles. The Morgan fingerprint density at radius 2 is 2.58 bits per heavy atom. The fourth-order valence-corrected chi connectivity index (χ4v) is 1.15. The van der Waals surface area contributed by atoms with Crippen LogP contribution in [-0.2, 0) is 11.3 Å². The Hall–Kier alpha value is -0.900. The standard InChI is InChI=1S/C8H11NO2S/c1-12-6-8(10)9-5-7-3-2-4-11-7/h2-4H,5-6H2,1H3,(H,9,10). The van der Waals surface area contributed by atoms with Gasteiger partial charge in [-0.1, -0.05) is 0 Å². The summed E-state index contributed by atoms with van der Waals surface area (Å²) in [4.78, 5) is 11.0. The average molecular weight is 185 g/mol. The predicted molar refractivity (Wildman–Crippen MR) is 48.9 cm³/mol. The molecule has 1 N–H and O–H groups in total. The summed E-state index contributed by atoms with van der Waals surface area (Å²) in [6.45, 7) is 0.479. The first-order valence-electron chi connectivity index (χ1n) is 3.61. The molecule has 1 amide bonds. The number of nitrogens with one attached hydrogen (secondary N) is 1. The number of rotatable bonds is 4. The highest BCUT2D eigenvalue weighted by Gasteiger charge is 2.00. The summed E-state index contributed by atoms with van der Waals surface area (Å²) < 4.78 is 5.04. The van der Waals surface area contributed by atoms with Crippen molar-refractivity contribution in [1.29, 1.82) is 0 Å². The van der Waals surface area contributed by atoms with Crippen molar-refractivity contribution in [3.63, 3.8) is 0 Å². The SMILES string of the molecule is CSCC(=O)NCc1ccco1. The number of carbonyl (C=O) groups is 1. The molecule has 0 aliphatic heterocycles. The highest BCUT2D eigenvalue weighted by atomic mass is 32.2. The van der Waals surface area contributed by atoms with Crippen molar-refractivity contribution in [3.8, 4) is 0 Å². The molecule has 0 fully saturated rings. The van der Waals surface area contributed by atoms with Crippen molar-refractivity contribution < 1.29 is 9.21 Å². The van der Waals surface area contributed by atoms with Gasteiger partial charge < -0.3 is 9.73 Å². The number of carbonyl (C=O) groups excluding carboxylic acids is 1. The van der Waals surface area contributed by atoms with Gasteiger partial charge in [0.2, 0.25) is 5.91 Å². The van der Waals surface area contributed by atoms with E-state index in [1.807, 2.05) is 12.3 Å². The Kier molecular flexibility index (Phi) is 3.73. The van der Waals surface area contributed by atoms with E-state index in [-0.39, 0.29) is 5.91 Å². The molecule has 0 bridgehead atoms. The molecule has 0 aliphatic carbocycles. The van der Waals surface area contributed by atoms with E-state index in [0.717, 1.165) is 5.76 Å². The van der Waals surface area contributed by atoms with Crippen molar-refractivity contribution in [2.75, 3.05) is 12.0 Å². The molecule has 3 nitrogen and oxygen atoms in total. The van der Waals surface area contributed by atoms with Crippen LogP contribution in [0.3, 0.4) is 0 Å². The zero-order chi connectivity index (χ0) is 8.81. The molecule has 0 atom stereocenters. The number of amides is 1. The minimum atomic E-state index is 0.0406. The predicted octanol–water partition coefficient (Wildman–Crippen LogP) is 1.26. The quantitative estimate of drug-likeness (QED) is 0.767. The lowest BCUT2D eigenvalue weighted by Gasteiger charge is -2.00. The first kappa shape index (κ1) is 9.19. The van der Waals surface area contributed by atoms with Crippen LogP contribution in [0.15, 0.2) is 22.8 Å². The summed E-state index contributed by atoms with van der Waals surface area (Å²) in [6, 6.07) is 3.63. The van der Waals surface area contributed by atoms with Gasteiger partial charge in [0.05, 0.1) is 18.6 Å². The second-order valence-electron chi connectivity index (χ2n) is 2.29. The monoisotopic (exact) mass is 185 g/mol. The normalized spacial score (nSPS) is 9.75. The summed E-state index contributed by atoms with van der Waals surface area (Å²) in [5, 5.41) is 2.73. The molecule has 66 valence electrons. The van der Waals surface area contributed by atoms with Crippen LogP contribution in [0, 0.1) is 0 Å². The highest BCUT2D eigenvalue weighted by Crippen LogP contribution is 1.98. The van der Waals surface area contributed by atoms with Crippen molar-refractivity contribution in [3.05, 3.63) is 24.2 Å². The second-order valence-corrected chi connectivity index (χ2v) is 3.16. The van der Waals surface area contributed by atoms with Gasteiger partial charge in [-0.3, -0.25) is 4.79 Å². The first-order chi connectivity index (χ1) is 5.83. The fourth-order valence-electron chi connectivity index (χ4n) is 0.781. The van der Waals surface area contributed by atoms with E-state index in [1.165, 1.54) is 11.8 Å². The molecule has 1 aromatic heterocycles. The minimum Gasteiger partial charge on any atom is -0.467 e. The zero-order valence-electron chi connectivity index (χ0n) is 6.87. The summed E-state index contributed by atoms with van der Waals surface area (Å²) in [7, 11) is 0. The molecule has 0 radical (unpaired) electrons. The Labute approximate surface area is 75.5 Å². The summed E-state index contributed by atoms with van der Waals surface area (Å²) in [5.41, 5.74) is 0. The van der Waals surface area contributed by atoms with Gasteiger partial charge in [0.25, 0.3) is 0 Å². The van der Waals surface area contributed by atoms with Crippen molar-refractivity contribution in [1.82, 2.24) is 5.32 Å². The Morgan fingerprint density at radius 3 is 3.17 bits per heavy atom. The van der Waals surface area contributed by atoms with E-state index >= 15 is 0 Å². The Bertz CT molecular complexity index is 233. The van der Waals surface area contributed by atoms with Gasteiger partial charge in [-0.2, -0.15) is 11.8 Å². The van der Waals surface area contributed by atoms with Crippen LogP contribution in [0.4, 0.5) is 0 Å². The summed E-state index contributed by atoms with van der Waals surface area (Å²) in [5.74, 6) is 1.32. The van der Waals surface area contributed by atoms with Crippen LogP contribution >= 0.6 is 11.8 Å². The van der Waals surface area contributed by atoms with E-state index < -0.39 is 0 Å². The lowest BCUT2D eigenvalue weighted by molar-refractivity contribution is -0.118. The Balaban J connectivity index is 2.22. The lowest BCUT2D eigenvalue weighted by atomic mass is 10.4. The van der Waals surface area contributed by atoms with E-state index in [0.29, 0.717) is 12.3 Å². The van der Waals surface area contributed by atoms with Crippen LogP contribution < -0.4 is 5.32 Å². The maximum atomic E-state index is 11.0. The topological polar surface area (TPSA) is 42.2 Å². The van der Waals surface area contributed by atoms with Crippen LogP contribution in [0.2, 0.25) is 0 Å². The molecule has 0 unspecified atom stereocenters. The molecule has 0 spiro atoms. The van der Waals surface area contributed by atoms with Gasteiger partial charge in [-0.05, 0) is 18.4 Å². The lowest BCUT2D eigenvalue weighted by Crippen LogP contribution is -2.24. The smallest absolute Gasteiger partial charge is 0.230 e. The van der Waals surface area contributed by atoms with Crippen molar-refractivity contribution >= 4 is 17.7 Å². The molecule has 0 saturated heterocycles. The largest absolute Gasteiger partial charge is 0.467 e. The molecule has 0 aliphatic rings. The number of hydrogen-bond donors (Lipinski definition) is 1. The van der Waals surface area contributed by atoms with Crippen LogP contribution in [0.5, 0.6) is 0 Å². The Morgan fingerprint density at radius 1 is 1.75 bits per heavy atom. The first-order valence-corrected chi connectivity index (χ1v) is 5.00. The second kappa shape index (κ2) is 4.87. The maximum absolute atomic E-state index is 11.0. The number of furan rings is 1. The highest BCUT2D eigenvalue weighted by molar-refractivity contribution is 7.99. The van der Waals surface area contributed by atoms with E-state index in [1.54, 1.807) is 12.3 Å². The third kappa shape index (κ3) is 3.00. The van der Waals surface area contributed by atoms with Gasteiger partial charge in [0.1, 0.15) is 5.76 Å². The number of thioether (sulfide) groups is 1. The van der Waals surface area contributed by atoms with E-state index in [4.69, 9.17) is 4.42 Å². The molecule has 4 heteroatoms. The van der Waals surface area contributed by atoms with E-state index in [2.05, 4.69) is 5.32 Å². The molecule has 1 rings (SSSR count).